The van der Waals surface area contributed by atoms with Crippen LogP contribution in [0.15, 0.2) is 60.0 Å². The van der Waals surface area contributed by atoms with Gasteiger partial charge in [-0.15, -0.1) is 0 Å². The van der Waals surface area contributed by atoms with Gasteiger partial charge in [0, 0.05) is 30.9 Å². The van der Waals surface area contributed by atoms with Gasteiger partial charge in [-0.05, 0) is 61.7 Å². The van der Waals surface area contributed by atoms with Gasteiger partial charge in [0.2, 0.25) is 11.8 Å². The first-order valence-electron chi connectivity index (χ1n) is 11.3. The lowest BCUT2D eigenvalue weighted by atomic mass is 10.1. The summed E-state index contributed by atoms with van der Waals surface area (Å²) in [7, 11) is 0. The maximum Gasteiger partial charge on any atom is 0.290 e. The number of hydrogen-bond donors (Lipinski definition) is 2. The third-order valence-electron chi connectivity index (χ3n) is 6.13. The highest BCUT2D eigenvalue weighted by molar-refractivity contribution is 5.99. The van der Waals surface area contributed by atoms with Crippen LogP contribution in [0.2, 0.25) is 0 Å². The Kier molecular flexibility index (Phi) is 5.77. The van der Waals surface area contributed by atoms with E-state index in [0.29, 0.717) is 41.3 Å². The summed E-state index contributed by atoms with van der Waals surface area (Å²) in [6, 6.07) is 10.9. The summed E-state index contributed by atoms with van der Waals surface area (Å²) in [6.45, 7) is 6.63. The maximum absolute atomic E-state index is 12.8. The number of likely N-dealkylation sites (tertiary alicyclic amines) is 1. The number of nitrogens with zero attached hydrogens (tertiary/aromatic N) is 5. The molecule has 35 heavy (non-hydrogen) atoms. The second-order valence-corrected chi connectivity index (χ2v) is 8.54. The number of hydrogen-bond acceptors (Lipinski definition) is 7. The van der Waals surface area contributed by atoms with Crippen molar-refractivity contribution in [2.24, 2.45) is 0 Å². The number of amides is 1. The Hall–Kier alpha value is -4.47. The summed E-state index contributed by atoms with van der Waals surface area (Å²) in [5, 5.41) is 11.7. The number of anilines is 1. The summed E-state index contributed by atoms with van der Waals surface area (Å²) in [4.78, 5) is 31.0. The zero-order chi connectivity index (χ0) is 24.5. The fourth-order valence-corrected chi connectivity index (χ4v) is 4.43. The van der Waals surface area contributed by atoms with Gasteiger partial charge in [-0.2, -0.15) is 10.2 Å². The summed E-state index contributed by atoms with van der Waals surface area (Å²) in [6.07, 6.45) is 4.56. The number of rotatable bonds is 5. The van der Waals surface area contributed by atoms with Crippen molar-refractivity contribution in [2.75, 3.05) is 18.8 Å². The fourth-order valence-electron chi connectivity index (χ4n) is 4.43. The predicted molar refractivity (Wildman–Crippen MR) is 132 cm³/mol. The molecule has 10 heteroatoms. The molecule has 5 rings (SSSR count). The first-order chi connectivity index (χ1) is 16.9. The minimum Gasteiger partial charge on any atom is -0.439 e. The van der Waals surface area contributed by atoms with Crippen molar-refractivity contribution in [3.8, 4) is 22.9 Å². The van der Waals surface area contributed by atoms with E-state index < -0.39 is 0 Å². The van der Waals surface area contributed by atoms with Crippen LogP contribution in [0.3, 0.4) is 0 Å². The van der Waals surface area contributed by atoms with Crippen LogP contribution in [0.1, 0.15) is 24.4 Å². The smallest absolute Gasteiger partial charge is 0.290 e. The minimum atomic E-state index is -0.384. The lowest BCUT2D eigenvalue weighted by Crippen LogP contribution is -2.40. The molecular weight excluding hydrogens is 446 g/mol. The zero-order valence-electron chi connectivity index (χ0n) is 19.3. The molecule has 4 aromatic rings. The van der Waals surface area contributed by atoms with E-state index in [2.05, 4.69) is 21.8 Å². The number of aromatic amines is 1. The molecule has 0 spiro atoms. The third-order valence-corrected chi connectivity index (χ3v) is 6.13. The molecule has 1 unspecified atom stereocenters. The predicted octanol–water partition coefficient (Wildman–Crippen LogP) is 3.21. The Labute approximate surface area is 201 Å². The second kappa shape index (κ2) is 9.05. The van der Waals surface area contributed by atoms with E-state index in [9.17, 15) is 9.59 Å². The number of carbonyl (C=O) groups excluding carboxylic acids is 1. The van der Waals surface area contributed by atoms with E-state index in [0.717, 1.165) is 24.0 Å². The molecule has 1 aliphatic rings. The van der Waals surface area contributed by atoms with Crippen molar-refractivity contribution in [1.29, 1.82) is 0 Å². The first kappa shape index (κ1) is 22.3. The second-order valence-electron chi connectivity index (χ2n) is 8.54. The molecule has 3 N–H and O–H groups in total. The van der Waals surface area contributed by atoms with Gasteiger partial charge in [-0.3, -0.25) is 14.3 Å². The number of aromatic nitrogens is 5. The van der Waals surface area contributed by atoms with Crippen molar-refractivity contribution in [1.82, 2.24) is 29.9 Å². The Morgan fingerprint density at radius 2 is 2.09 bits per heavy atom. The SMILES string of the molecule is C=CC(=O)N1CCCC(n2nc(-c3ccc(Oc4cc(C)ccn4)cc3)c3c(N)n[nH]c(=O)c32)C1. The Morgan fingerprint density at radius 1 is 1.29 bits per heavy atom. The Morgan fingerprint density at radius 3 is 2.83 bits per heavy atom. The van der Waals surface area contributed by atoms with Gasteiger partial charge in [0.25, 0.3) is 5.56 Å². The van der Waals surface area contributed by atoms with E-state index in [1.165, 1.54) is 6.08 Å². The molecule has 10 nitrogen and oxygen atoms in total. The topological polar surface area (TPSA) is 132 Å². The van der Waals surface area contributed by atoms with Crippen LogP contribution in [0.4, 0.5) is 5.82 Å². The molecule has 1 saturated heterocycles. The van der Waals surface area contributed by atoms with Crippen LogP contribution >= 0.6 is 0 Å². The van der Waals surface area contributed by atoms with Crippen molar-refractivity contribution in [3.05, 3.63) is 71.2 Å². The van der Waals surface area contributed by atoms with Crippen LogP contribution in [0, 0.1) is 6.92 Å². The van der Waals surface area contributed by atoms with E-state index in [-0.39, 0.29) is 23.3 Å². The van der Waals surface area contributed by atoms with Crippen molar-refractivity contribution >= 4 is 22.6 Å². The molecule has 1 amide bonds. The highest BCUT2D eigenvalue weighted by Gasteiger charge is 2.28. The maximum atomic E-state index is 12.8. The number of nitrogens with two attached hydrogens (primary N) is 1. The molecule has 1 atom stereocenters. The van der Waals surface area contributed by atoms with Gasteiger partial charge in [-0.1, -0.05) is 6.58 Å². The number of carbonyl (C=O) groups is 1. The molecule has 0 bridgehead atoms. The van der Waals surface area contributed by atoms with Gasteiger partial charge in [0.1, 0.15) is 17.0 Å². The fraction of sp³-hybridized carbons (Fsp3) is 0.240. The van der Waals surface area contributed by atoms with E-state index >= 15 is 0 Å². The average Bonchev–Trinajstić information content (AvgIpc) is 3.28. The summed E-state index contributed by atoms with van der Waals surface area (Å²) in [5.74, 6) is 1.16. The van der Waals surface area contributed by atoms with Gasteiger partial charge >= 0.3 is 0 Å². The number of nitrogen functional groups attached to an aromatic ring is 1. The number of piperidine rings is 1. The summed E-state index contributed by atoms with van der Waals surface area (Å²) < 4.78 is 7.54. The van der Waals surface area contributed by atoms with E-state index in [4.69, 9.17) is 15.6 Å². The lowest BCUT2D eigenvalue weighted by Gasteiger charge is -2.32. The first-order valence-corrected chi connectivity index (χ1v) is 11.3. The molecule has 1 aromatic carbocycles. The van der Waals surface area contributed by atoms with Gasteiger partial charge < -0.3 is 15.4 Å². The van der Waals surface area contributed by atoms with Gasteiger partial charge in [0.15, 0.2) is 5.82 Å². The number of ether oxygens (including phenoxy) is 1. The molecule has 1 fully saturated rings. The molecule has 1 aliphatic heterocycles. The molecular formula is C25H25N7O3. The van der Waals surface area contributed by atoms with Crippen LogP contribution in [-0.2, 0) is 4.79 Å². The normalized spacial score (nSPS) is 15.8. The number of benzene rings is 1. The summed E-state index contributed by atoms with van der Waals surface area (Å²) in [5.41, 5.74) is 8.51. The molecule has 0 radical (unpaired) electrons. The van der Waals surface area contributed by atoms with E-state index in [1.807, 2.05) is 43.3 Å². The average molecular weight is 472 g/mol. The number of aryl methyl sites for hydroxylation is 1. The quantitative estimate of drug-likeness (QED) is 0.427. The monoisotopic (exact) mass is 471 g/mol. The summed E-state index contributed by atoms with van der Waals surface area (Å²) >= 11 is 0. The number of pyridine rings is 1. The van der Waals surface area contributed by atoms with Crippen LogP contribution in [-0.4, -0.2) is 48.9 Å². The van der Waals surface area contributed by atoms with E-state index in [1.54, 1.807) is 15.8 Å². The van der Waals surface area contributed by atoms with Gasteiger partial charge in [0.05, 0.1) is 11.4 Å². The third kappa shape index (κ3) is 4.25. The minimum absolute atomic E-state index is 0.139. The van der Waals surface area contributed by atoms with Gasteiger partial charge in [-0.25, -0.2) is 10.1 Å². The number of H-pyrrole nitrogens is 1. The molecule has 0 aliphatic carbocycles. The Balaban J connectivity index is 1.53. The zero-order valence-corrected chi connectivity index (χ0v) is 19.3. The van der Waals surface area contributed by atoms with Crippen LogP contribution in [0.5, 0.6) is 11.6 Å². The molecule has 178 valence electrons. The molecule has 4 heterocycles. The largest absolute Gasteiger partial charge is 0.439 e. The van der Waals surface area contributed by atoms with Crippen molar-refractivity contribution < 1.29 is 9.53 Å². The highest BCUT2D eigenvalue weighted by atomic mass is 16.5. The molecule has 0 saturated carbocycles. The van der Waals surface area contributed by atoms with Crippen molar-refractivity contribution in [3.63, 3.8) is 0 Å². The van der Waals surface area contributed by atoms with Crippen LogP contribution < -0.4 is 16.0 Å². The highest BCUT2D eigenvalue weighted by Crippen LogP contribution is 2.34. The van der Waals surface area contributed by atoms with Crippen molar-refractivity contribution in [2.45, 2.75) is 25.8 Å². The standard InChI is InChI=1S/C25H25N7O3/c1-3-20(33)31-12-4-5-17(14-31)32-23-21(24(26)28-29-25(23)34)22(30-32)16-6-8-18(9-7-16)35-19-13-15(2)10-11-27-19/h3,6-11,13,17H,1,4-5,12,14H2,2H3,(H2,26,28)(H,29,34). The Bertz CT molecular complexity index is 1470. The number of fused-ring (bicyclic) bond motifs is 1. The molecule has 3 aromatic heterocycles. The number of nitrogens with one attached hydrogen (secondary N) is 1. The lowest BCUT2D eigenvalue weighted by molar-refractivity contribution is -0.127. The van der Waals surface area contributed by atoms with Crippen LogP contribution in [0.25, 0.3) is 22.2 Å².